The van der Waals surface area contributed by atoms with Gasteiger partial charge < -0.3 is 10.2 Å². The van der Waals surface area contributed by atoms with Crippen molar-refractivity contribution in [1.82, 2.24) is 5.32 Å². The predicted octanol–water partition coefficient (Wildman–Crippen LogP) is 3.01. The van der Waals surface area contributed by atoms with Gasteiger partial charge in [-0.3, -0.25) is 4.79 Å². The van der Waals surface area contributed by atoms with E-state index < -0.39 is 0 Å². The molecule has 21 heavy (non-hydrogen) atoms. The molecule has 1 amide bonds. The molecule has 0 heterocycles. The quantitative estimate of drug-likeness (QED) is 0.659. The van der Waals surface area contributed by atoms with Crippen LogP contribution in [0, 0.1) is 0 Å². The van der Waals surface area contributed by atoms with E-state index in [1.807, 2.05) is 42.5 Å². The molecular formula is C16H15ClN2O2. The highest BCUT2D eigenvalue weighted by Gasteiger charge is 2.01. The molecule has 0 aromatic heterocycles. The van der Waals surface area contributed by atoms with Crippen LogP contribution in [0.1, 0.15) is 11.1 Å². The highest BCUT2D eigenvalue weighted by atomic mass is 35.5. The molecule has 0 aliphatic heterocycles. The van der Waals surface area contributed by atoms with Crippen LogP contribution in [0.3, 0.4) is 0 Å². The third kappa shape index (κ3) is 5.67. The van der Waals surface area contributed by atoms with E-state index in [9.17, 15) is 4.79 Å². The van der Waals surface area contributed by atoms with Crippen LogP contribution in [0.5, 0.6) is 0 Å². The van der Waals surface area contributed by atoms with Gasteiger partial charge in [-0.15, -0.1) is 0 Å². The molecule has 1 N–H and O–H groups in total. The second-order valence-electron chi connectivity index (χ2n) is 4.33. The normalized spacial score (nSPS) is 10.5. The SMILES string of the molecule is O=C(CO/N=C/c1ccccc1)NCc1cccc(Cl)c1. The molecule has 108 valence electrons. The minimum absolute atomic E-state index is 0.121. The number of halogens is 1. The van der Waals surface area contributed by atoms with Crippen molar-refractivity contribution in [3.63, 3.8) is 0 Å². The van der Waals surface area contributed by atoms with E-state index in [0.29, 0.717) is 11.6 Å². The summed E-state index contributed by atoms with van der Waals surface area (Å²) in [5.74, 6) is -0.236. The van der Waals surface area contributed by atoms with Crippen molar-refractivity contribution >= 4 is 23.7 Å². The van der Waals surface area contributed by atoms with E-state index in [0.717, 1.165) is 11.1 Å². The molecule has 5 heteroatoms. The van der Waals surface area contributed by atoms with Gasteiger partial charge in [-0.2, -0.15) is 0 Å². The number of benzene rings is 2. The van der Waals surface area contributed by atoms with E-state index in [1.54, 1.807) is 18.3 Å². The molecule has 2 rings (SSSR count). The van der Waals surface area contributed by atoms with Gasteiger partial charge in [0, 0.05) is 11.6 Å². The number of carbonyl (C=O) groups is 1. The summed E-state index contributed by atoms with van der Waals surface area (Å²) in [4.78, 5) is 16.5. The third-order valence-corrected chi connectivity index (χ3v) is 2.89. The smallest absolute Gasteiger partial charge is 0.261 e. The van der Waals surface area contributed by atoms with Crippen LogP contribution in [-0.2, 0) is 16.2 Å². The summed E-state index contributed by atoms with van der Waals surface area (Å²) < 4.78 is 0. The average Bonchev–Trinajstić information content (AvgIpc) is 2.51. The zero-order chi connectivity index (χ0) is 14.9. The Kier molecular flexibility index (Phi) is 5.79. The van der Waals surface area contributed by atoms with Gasteiger partial charge in [0.1, 0.15) is 0 Å². The van der Waals surface area contributed by atoms with E-state index in [4.69, 9.17) is 16.4 Å². The maximum atomic E-state index is 11.6. The fraction of sp³-hybridized carbons (Fsp3) is 0.125. The van der Waals surface area contributed by atoms with Crippen LogP contribution in [-0.4, -0.2) is 18.7 Å². The molecule has 0 atom stereocenters. The summed E-state index contributed by atoms with van der Waals surface area (Å²) in [6.07, 6.45) is 1.56. The van der Waals surface area contributed by atoms with Crippen molar-refractivity contribution in [1.29, 1.82) is 0 Å². The number of amides is 1. The van der Waals surface area contributed by atoms with Crippen molar-refractivity contribution in [3.05, 3.63) is 70.7 Å². The molecule has 0 bridgehead atoms. The Bertz CT molecular complexity index is 615. The van der Waals surface area contributed by atoms with E-state index in [2.05, 4.69) is 10.5 Å². The van der Waals surface area contributed by atoms with Gasteiger partial charge >= 0.3 is 0 Å². The van der Waals surface area contributed by atoms with Crippen LogP contribution in [0.2, 0.25) is 5.02 Å². The van der Waals surface area contributed by atoms with Gasteiger partial charge in [0.15, 0.2) is 6.61 Å². The minimum atomic E-state index is -0.236. The Hall–Kier alpha value is -2.33. The lowest BCUT2D eigenvalue weighted by atomic mass is 10.2. The number of hydrogen-bond acceptors (Lipinski definition) is 3. The fourth-order valence-electron chi connectivity index (χ4n) is 1.63. The molecule has 2 aromatic carbocycles. The highest BCUT2D eigenvalue weighted by Crippen LogP contribution is 2.10. The summed E-state index contributed by atoms with van der Waals surface area (Å²) in [5.41, 5.74) is 1.85. The van der Waals surface area contributed by atoms with Crippen LogP contribution in [0.15, 0.2) is 59.8 Å². The van der Waals surface area contributed by atoms with Gasteiger partial charge in [-0.05, 0) is 23.3 Å². The first-order chi connectivity index (χ1) is 10.2. The molecule has 2 aromatic rings. The topological polar surface area (TPSA) is 50.7 Å². The van der Waals surface area contributed by atoms with Crippen LogP contribution < -0.4 is 5.32 Å². The molecule has 0 saturated heterocycles. The van der Waals surface area contributed by atoms with Gasteiger partial charge in [0.05, 0.1) is 6.21 Å². The number of rotatable bonds is 6. The monoisotopic (exact) mass is 302 g/mol. The summed E-state index contributed by atoms with van der Waals surface area (Å²) in [6, 6.07) is 16.8. The van der Waals surface area contributed by atoms with Gasteiger partial charge in [0.2, 0.25) is 0 Å². The Morgan fingerprint density at radius 2 is 2.00 bits per heavy atom. The van der Waals surface area contributed by atoms with Crippen molar-refractivity contribution in [3.8, 4) is 0 Å². The van der Waals surface area contributed by atoms with Crippen LogP contribution in [0.4, 0.5) is 0 Å². The minimum Gasteiger partial charge on any atom is -0.386 e. The fourth-order valence-corrected chi connectivity index (χ4v) is 1.84. The highest BCUT2D eigenvalue weighted by molar-refractivity contribution is 6.30. The van der Waals surface area contributed by atoms with Crippen molar-refractivity contribution in [2.45, 2.75) is 6.54 Å². The maximum Gasteiger partial charge on any atom is 0.261 e. The zero-order valence-corrected chi connectivity index (χ0v) is 12.1. The van der Waals surface area contributed by atoms with Crippen LogP contribution >= 0.6 is 11.6 Å². The molecule has 0 fully saturated rings. The summed E-state index contributed by atoms with van der Waals surface area (Å²) in [5, 5.41) is 7.12. The van der Waals surface area contributed by atoms with Crippen LogP contribution in [0.25, 0.3) is 0 Å². The summed E-state index contributed by atoms with van der Waals surface area (Å²) in [6.45, 7) is 0.287. The van der Waals surface area contributed by atoms with Gasteiger partial charge in [-0.25, -0.2) is 0 Å². The number of carbonyl (C=O) groups excluding carboxylic acids is 1. The van der Waals surface area contributed by atoms with Crippen molar-refractivity contribution in [2.24, 2.45) is 5.16 Å². The number of nitrogens with zero attached hydrogens (tertiary/aromatic N) is 1. The van der Waals surface area contributed by atoms with E-state index in [-0.39, 0.29) is 12.5 Å². The van der Waals surface area contributed by atoms with Crippen molar-refractivity contribution in [2.75, 3.05) is 6.61 Å². The molecule has 4 nitrogen and oxygen atoms in total. The first-order valence-corrected chi connectivity index (χ1v) is 6.83. The molecule has 0 unspecified atom stereocenters. The predicted molar refractivity (Wildman–Crippen MR) is 83.3 cm³/mol. The Labute approximate surface area is 128 Å². The lowest BCUT2D eigenvalue weighted by Crippen LogP contribution is -2.26. The first kappa shape index (κ1) is 15.1. The van der Waals surface area contributed by atoms with E-state index in [1.165, 1.54) is 0 Å². The number of nitrogens with one attached hydrogen (secondary N) is 1. The second-order valence-corrected chi connectivity index (χ2v) is 4.76. The maximum absolute atomic E-state index is 11.6. The van der Waals surface area contributed by atoms with Crippen molar-refractivity contribution < 1.29 is 9.63 Å². The molecule has 0 aliphatic carbocycles. The molecule has 0 aliphatic rings. The zero-order valence-electron chi connectivity index (χ0n) is 11.3. The Morgan fingerprint density at radius 3 is 2.76 bits per heavy atom. The Balaban J connectivity index is 1.69. The average molecular weight is 303 g/mol. The second kappa shape index (κ2) is 8.07. The lowest BCUT2D eigenvalue weighted by Gasteiger charge is -2.04. The van der Waals surface area contributed by atoms with E-state index >= 15 is 0 Å². The number of hydrogen-bond donors (Lipinski definition) is 1. The first-order valence-electron chi connectivity index (χ1n) is 6.45. The summed E-state index contributed by atoms with van der Waals surface area (Å²) >= 11 is 5.86. The third-order valence-electron chi connectivity index (χ3n) is 2.65. The number of oxime groups is 1. The standard InChI is InChI=1S/C16H15ClN2O2/c17-15-8-4-7-14(9-15)10-18-16(20)12-21-19-11-13-5-2-1-3-6-13/h1-9,11H,10,12H2,(H,18,20)/b19-11+. The van der Waals surface area contributed by atoms with Gasteiger partial charge in [0.25, 0.3) is 5.91 Å². The molecule has 0 spiro atoms. The Morgan fingerprint density at radius 1 is 1.19 bits per heavy atom. The largest absolute Gasteiger partial charge is 0.386 e. The molecule has 0 saturated carbocycles. The van der Waals surface area contributed by atoms with Gasteiger partial charge in [-0.1, -0.05) is 59.2 Å². The molecular weight excluding hydrogens is 288 g/mol. The lowest BCUT2D eigenvalue weighted by molar-refractivity contribution is -0.125. The molecule has 0 radical (unpaired) electrons. The summed E-state index contributed by atoms with van der Waals surface area (Å²) in [7, 11) is 0.